The molecule has 0 spiro atoms. The minimum Gasteiger partial charge on any atom is -0.493 e. The maximum absolute atomic E-state index is 14.4. The lowest BCUT2D eigenvalue weighted by molar-refractivity contribution is 0.354. The van der Waals surface area contributed by atoms with Gasteiger partial charge in [0.15, 0.2) is 11.5 Å². The van der Waals surface area contributed by atoms with Gasteiger partial charge < -0.3 is 15.2 Å². The smallest absolute Gasteiger partial charge is 0.264 e. The number of hydrogen-bond acceptors (Lipinski definition) is 5. The second kappa shape index (κ2) is 10.2. The summed E-state index contributed by atoms with van der Waals surface area (Å²) < 4.78 is 67.6. The third kappa shape index (κ3) is 5.09. The van der Waals surface area contributed by atoms with Gasteiger partial charge in [-0.25, -0.2) is 17.2 Å². The molecule has 0 aliphatic carbocycles. The zero-order valence-corrected chi connectivity index (χ0v) is 19.5. The summed E-state index contributed by atoms with van der Waals surface area (Å²) in [6.45, 7) is 1.82. The summed E-state index contributed by atoms with van der Waals surface area (Å²) in [6, 6.07) is 13.0. The van der Waals surface area contributed by atoms with Crippen LogP contribution < -0.4 is 19.5 Å². The molecule has 0 saturated heterocycles. The lowest BCUT2D eigenvalue weighted by atomic mass is 10.00. The molecule has 176 valence electrons. The molecule has 3 rings (SSSR count). The fourth-order valence-corrected chi connectivity index (χ4v) is 5.12. The molecule has 0 saturated carbocycles. The number of nitrogens with two attached hydrogens (primary N) is 1. The first-order valence-corrected chi connectivity index (χ1v) is 11.6. The SMILES string of the molecule is COc1ccc(S(=O)(=O)N(CCN)c2ccc(C)cc2Cc2c(F)cccc2F)cc1OC. The molecule has 6 nitrogen and oxygen atoms in total. The molecular weight excluding hydrogens is 450 g/mol. The highest BCUT2D eigenvalue weighted by Crippen LogP contribution is 2.34. The molecule has 3 aromatic carbocycles. The highest BCUT2D eigenvalue weighted by molar-refractivity contribution is 7.92. The van der Waals surface area contributed by atoms with Crippen molar-refractivity contribution in [2.24, 2.45) is 5.73 Å². The average Bonchev–Trinajstić information content (AvgIpc) is 2.79. The third-order valence-corrected chi connectivity index (χ3v) is 7.02. The Hall–Kier alpha value is -3.17. The molecule has 0 radical (unpaired) electrons. The number of nitrogens with zero attached hydrogens (tertiary/aromatic N) is 1. The lowest BCUT2D eigenvalue weighted by Gasteiger charge is -2.27. The minimum atomic E-state index is -4.09. The second-order valence-corrected chi connectivity index (χ2v) is 9.25. The van der Waals surface area contributed by atoms with Crippen molar-refractivity contribution in [1.82, 2.24) is 0 Å². The Kier molecular flexibility index (Phi) is 7.55. The molecule has 9 heteroatoms. The van der Waals surface area contributed by atoms with Gasteiger partial charge in [0.25, 0.3) is 10.0 Å². The van der Waals surface area contributed by atoms with Gasteiger partial charge in [0.2, 0.25) is 0 Å². The predicted molar refractivity (Wildman–Crippen MR) is 123 cm³/mol. The van der Waals surface area contributed by atoms with Gasteiger partial charge in [-0.3, -0.25) is 4.31 Å². The normalized spacial score (nSPS) is 11.3. The molecule has 33 heavy (non-hydrogen) atoms. The van der Waals surface area contributed by atoms with Gasteiger partial charge in [0.1, 0.15) is 11.6 Å². The molecule has 0 heterocycles. The van der Waals surface area contributed by atoms with Gasteiger partial charge in [-0.15, -0.1) is 0 Å². The first-order chi connectivity index (χ1) is 15.7. The van der Waals surface area contributed by atoms with E-state index in [0.717, 1.165) is 9.87 Å². The molecule has 0 aromatic heterocycles. The Labute approximate surface area is 192 Å². The molecule has 0 amide bonds. The van der Waals surface area contributed by atoms with Crippen molar-refractivity contribution in [2.75, 3.05) is 31.6 Å². The average molecular weight is 477 g/mol. The van der Waals surface area contributed by atoms with Crippen LogP contribution in [0.25, 0.3) is 0 Å². The maximum Gasteiger partial charge on any atom is 0.264 e. The summed E-state index contributed by atoms with van der Waals surface area (Å²) in [7, 11) is -1.23. The van der Waals surface area contributed by atoms with E-state index in [9.17, 15) is 17.2 Å². The van der Waals surface area contributed by atoms with E-state index < -0.39 is 21.7 Å². The Balaban J connectivity index is 2.14. The van der Waals surface area contributed by atoms with E-state index in [1.54, 1.807) is 18.2 Å². The van der Waals surface area contributed by atoms with Crippen molar-refractivity contribution < 1.29 is 26.7 Å². The van der Waals surface area contributed by atoms with Crippen LogP contribution in [0.15, 0.2) is 59.5 Å². The number of rotatable bonds is 9. The largest absolute Gasteiger partial charge is 0.493 e. The van der Waals surface area contributed by atoms with Gasteiger partial charge in [0.05, 0.1) is 24.8 Å². The van der Waals surface area contributed by atoms with Gasteiger partial charge in [-0.05, 0) is 42.8 Å². The fourth-order valence-electron chi connectivity index (χ4n) is 3.58. The van der Waals surface area contributed by atoms with Crippen LogP contribution in [0.4, 0.5) is 14.5 Å². The first kappa shape index (κ1) is 24.5. The van der Waals surface area contributed by atoms with Crippen LogP contribution in [0.1, 0.15) is 16.7 Å². The fraction of sp³-hybridized carbons (Fsp3) is 0.250. The van der Waals surface area contributed by atoms with Crippen LogP contribution in [0.5, 0.6) is 11.5 Å². The van der Waals surface area contributed by atoms with Crippen molar-refractivity contribution in [1.29, 1.82) is 0 Å². The second-order valence-electron chi connectivity index (χ2n) is 7.39. The Morgan fingerprint density at radius 3 is 2.21 bits per heavy atom. The molecule has 2 N–H and O–H groups in total. The van der Waals surface area contributed by atoms with Gasteiger partial charge in [-0.2, -0.15) is 0 Å². The molecule has 0 fully saturated rings. The molecule has 0 aliphatic rings. The molecular formula is C24H26F2N2O4S. The number of aryl methyl sites for hydroxylation is 1. The predicted octanol–water partition coefficient (Wildman–Crippen LogP) is 4.04. The summed E-state index contributed by atoms with van der Waals surface area (Å²) in [5.41, 5.74) is 7.19. The molecule has 0 aliphatic heterocycles. The Morgan fingerprint density at radius 2 is 1.61 bits per heavy atom. The summed E-state index contributed by atoms with van der Waals surface area (Å²) in [6.07, 6.45) is -0.127. The molecule has 3 aromatic rings. The van der Waals surface area contributed by atoms with Gasteiger partial charge in [0, 0.05) is 31.1 Å². The number of ether oxygens (including phenoxy) is 2. The van der Waals surface area contributed by atoms with E-state index in [1.165, 1.54) is 50.6 Å². The van der Waals surface area contributed by atoms with Crippen molar-refractivity contribution in [3.8, 4) is 11.5 Å². The van der Waals surface area contributed by atoms with Crippen molar-refractivity contribution in [3.63, 3.8) is 0 Å². The zero-order chi connectivity index (χ0) is 24.2. The highest BCUT2D eigenvalue weighted by Gasteiger charge is 2.28. The molecule has 0 bridgehead atoms. The van der Waals surface area contributed by atoms with Crippen molar-refractivity contribution in [2.45, 2.75) is 18.2 Å². The highest BCUT2D eigenvalue weighted by atomic mass is 32.2. The summed E-state index contributed by atoms with van der Waals surface area (Å²) in [5, 5.41) is 0. The van der Waals surface area contributed by atoms with E-state index in [-0.39, 0.29) is 35.7 Å². The van der Waals surface area contributed by atoms with Gasteiger partial charge >= 0.3 is 0 Å². The molecule has 0 atom stereocenters. The molecule has 0 unspecified atom stereocenters. The van der Waals surface area contributed by atoms with E-state index in [4.69, 9.17) is 15.2 Å². The number of methoxy groups -OCH3 is 2. The van der Waals surface area contributed by atoms with Crippen molar-refractivity contribution >= 4 is 15.7 Å². The maximum atomic E-state index is 14.4. The van der Waals surface area contributed by atoms with E-state index in [1.807, 2.05) is 6.92 Å². The number of hydrogen-bond donors (Lipinski definition) is 1. The standard InChI is InChI=1S/C24H26F2N2O4S/c1-16-7-9-22(17(13-16)14-19-20(25)5-4-6-21(19)26)28(12-11-27)33(29,30)18-8-10-23(31-2)24(15-18)32-3/h4-10,13,15H,11-12,14,27H2,1-3H3. The number of halogens is 2. The van der Waals surface area contributed by atoms with Crippen LogP contribution in [0.3, 0.4) is 0 Å². The van der Waals surface area contributed by atoms with Crippen LogP contribution >= 0.6 is 0 Å². The number of anilines is 1. The van der Waals surface area contributed by atoms with Crippen LogP contribution in [0, 0.1) is 18.6 Å². The van der Waals surface area contributed by atoms with E-state index in [0.29, 0.717) is 17.0 Å². The number of sulfonamides is 1. The van der Waals surface area contributed by atoms with E-state index in [2.05, 4.69) is 0 Å². The van der Waals surface area contributed by atoms with Crippen molar-refractivity contribution in [3.05, 3.63) is 82.9 Å². The van der Waals surface area contributed by atoms with Crippen LogP contribution in [0.2, 0.25) is 0 Å². The monoisotopic (exact) mass is 476 g/mol. The summed E-state index contributed by atoms with van der Waals surface area (Å²) >= 11 is 0. The quantitative estimate of drug-likeness (QED) is 0.504. The lowest BCUT2D eigenvalue weighted by Crippen LogP contribution is -2.36. The van der Waals surface area contributed by atoms with Gasteiger partial charge in [-0.1, -0.05) is 23.8 Å². The number of benzene rings is 3. The zero-order valence-electron chi connectivity index (χ0n) is 18.6. The Morgan fingerprint density at radius 1 is 0.939 bits per heavy atom. The third-order valence-electron chi connectivity index (χ3n) is 5.21. The summed E-state index contributed by atoms with van der Waals surface area (Å²) in [4.78, 5) is -0.0304. The Bertz CT molecular complexity index is 1230. The first-order valence-electron chi connectivity index (χ1n) is 10.2. The van der Waals surface area contributed by atoms with Crippen LogP contribution in [-0.4, -0.2) is 35.7 Å². The van der Waals surface area contributed by atoms with E-state index >= 15 is 0 Å². The topological polar surface area (TPSA) is 81.9 Å². The minimum absolute atomic E-state index is 0.0304. The van der Waals surface area contributed by atoms with Crippen LogP contribution in [-0.2, 0) is 16.4 Å². The summed E-state index contributed by atoms with van der Waals surface area (Å²) in [5.74, 6) is -0.761.